The van der Waals surface area contributed by atoms with Gasteiger partial charge in [-0.15, -0.1) is 11.6 Å². The minimum atomic E-state index is 0.316. The maximum Gasteiger partial charge on any atom is 0.202 e. The van der Waals surface area contributed by atoms with Crippen LogP contribution in [0.5, 0.6) is 0 Å². The number of hydrogen-bond donors (Lipinski definition) is 0. The van der Waals surface area contributed by atoms with Gasteiger partial charge in [0.15, 0.2) is 0 Å². The lowest BCUT2D eigenvalue weighted by Crippen LogP contribution is -2.03. The molecule has 0 aromatic carbocycles. The highest BCUT2D eigenvalue weighted by Crippen LogP contribution is 2.11. The van der Waals surface area contributed by atoms with Crippen molar-refractivity contribution in [3.05, 3.63) is 17.2 Å². The molecule has 0 aliphatic carbocycles. The first-order chi connectivity index (χ1) is 5.79. The van der Waals surface area contributed by atoms with Crippen LogP contribution in [0, 0.1) is 11.3 Å². The van der Waals surface area contributed by atoms with E-state index in [1.54, 1.807) is 10.8 Å². The topological polar surface area (TPSA) is 41.6 Å². The van der Waals surface area contributed by atoms with Gasteiger partial charge in [-0.3, -0.25) is 0 Å². The molecular weight excluding hydrogens is 197 g/mol. The van der Waals surface area contributed by atoms with Gasteiger partial charge in [0.2, 0.25) is 5.28 Å². The van der Waals surface area contributed by atoms with E-state index in [2.05, 4.69) is 4.98 Å². The van der Waals surface area contributed by atoms with E-state index in [0.29, 0.717) is 24.1 Å². The molecule has 0 aliphatic rings. The Bertz CT molecular complexity index is 300. The predicted octanol–water partition coefficient (Wildman–Crippen LogP) is 1.84. The zero-order valence-electron chi connectivity index (χ0n) is 6.30. The second-order valence-electron chi connectivity index (χ2n) is 2.19. The molecule has 0 spiro atoms. The molecule has 0 amide bonds. The number of imidazole rings is 1. The molecule has 64 valence electrons. The van der Waals surface area contributed by atoms with Crippen molar-refractivity contribution in [1.82, 2.24) is 9.55 Å². The molecule has 1 aromatic rings. The van der Waals surface area contributed by atoms with Crippen molar-refractivity contribution in [3.8, 4) is 6.07 Å². The molecular formula is C7H7Cl2N3. The standard InChI is InChI=1S/C7H7Cl2N3/c8-2-4-12-6(1-3-10)5-11-7(12)9/h5H,1-2,4H2. The third-order valence-corrected chi connectivity index (χ3v) is 1.93. The van der Waals surface area contributed by atoms with Crippen LogP contribution in [0.15, 0.2) is 6.20 Å². The van der Waals surface area contributed by atoms with Crippen molar-refractivity contribution in [3.63, 3.8) is 0 Å². The van der Waals surface area contributed by atoms with Gasteiger partial charge in [0.1, 0.15) is 0 Å². The van der Waals surface area contributed by atoms with Crippen molar-refractivity contribution < 1.29 is 0 Å². The quantitative estimate of drug-likeness (QED) is 0.705. The molecule has 1 rings (SSSR count). The first kappa shape index (κ1) is 9.37. The highest BCUT2D eigenvalue weighted by Gasteiger charge is 2.05. The fraction of sp³-hybridized carbons (Fsp3) is 0.429. The average Bonchev–Trinajstić information content (AvgIpc) is 2.37. The highest BCUT2D eigenvalue weighted by atomic mass is 35.5. The fourth-order valence-electron chi connectivity index (χ4n) is 0.928. The molecule has 0 bridgehead atoms. The van der Waals surface area contributed by atoms with Crippen LogP contribution in [0.2, 0.25) is 5.28 Å². The van der Waals surface area contributed by atoms with Gasteiger partial charge in [0, 0.05) is 12.4 Å². The smallest absolute Gasteiger partial charge is 0.202 e. The van der Waals surface area contributed by atoms with Crippen LogP contribution in [-0.4, -0.2) is 15.4 Å². The molecule has 5 heteroatoms. The number of rotatable bonds is 3. The van der Waals surface area contributed by atoms with Crippen LogP contribution in [0.25, 0.3) is 0 Å². The van der Waals surface area contributed by atoms with E-state index in [0.717, 1.165) is 5.69 Å². The lowest BCUT2D eigenvalue weighted by molar-refractivity contribution is 0.733. The Labute approximate surface area is 80.5 Å². The van der Waals surface area contributed by atoms with Crippen molar-refractivity contribution in [2.24, 2.45) is 0 Å². The number of alkyl halides is 1. The van der Waals surface area contributed by atoms with Gasteiger partial charge < -0.3 is 4.57 Å². The Kier molecular flexibility index (Phi) is 3.39. The third kappa shape index (κ3) is 1.90. The van der Waals surface area contributed by atoms with Crippen LogP contribution in [0.4, 0.5) is 0 Å². The maximum atomic E-state index is 8.45. The van der Waals surface area contributed by atoms with Crippen molar-refractivity contribution in [2.45, 2.75) is 13.0 Å². The first-order valence-corrected chi connectivity index (χ1v) is 4.33. The van der Waals surface area contributed by atoms with Gasteiger partial charge in [-0.25, -0.2) is 4.98 Å². The first-order valence-electron chi connectivity index (χ1n) is 3.42. The minimum Gasteiger partial charge on any atom is -0.317 e. The zero-order chi connectivity index (χ0) is 8.97. The van der Waals surface area contributed by atoms with Crippen LogP contribution < -0.4 is 0 Å². The van der Waals surface area contributed by atoms with Crippen molar-refractivity contribution >= 4 is 23.2 Å². The third-order valence-electron chi connectivity index (χ3n) is 1.46. The van der Waals surface area contributed by atoms with Crippen molar-refractivity contribution in [2.75, 3.05) is 5.88 Å². The number of halogens is 2. The predicted molar refractivity (Wildman–Crippen MR) is 47.3 cm³/mol. The molecule has 0 aliphatic heterocycles. The van der Waals surface area contributed by atoms with Crippen LogP contribution in [0.1, 0.15) is 5.69 Å². The van der Waals surface area contributed by atoms with E-state index >= 15 is 0 Å². The average molecular weight is 204 g/mol. The van der Waals surface area contributed by atoms with Gasteiger partial charge in [-0.05, 0) is 11.6 Å². The Hall–Kier alpha value is -0.720. The molecule has 0 saturated heterocycles. The molecule has 0 N–H and O–H groups in total. The number of aromatic nitrogens is 2. The van der Waals surface area contributed by atoms with Gasteiger partial charge in [0.05, 0.1) is 24.4 Å². The minimum absolute atomic E-state index is 0.316. The monoisotopic (exact) mass is 203 g/mol. The summed E-state index contributed by atoms with van der Waals surface area (Å²) in [6.07, 6.45) is 1.91. The molecule has 1 heterocycles. The lowest BCUT2D eigenvalue weighted by Gasteiger charge is -2.02. The summed E-state index contributed by atoms with van der Waals surface area (Å²) in [4.78, 5) is 3.87. The Morgan fingerprint density at radius 3 is 3.00 bits per heavy atom. The molecule has 0 saturated carbocycles. The summed E-state index contributed by atoms with van der Waals surface area (Å²) in [5, 5.41) is 8.84. The SMILES string of the molecule is N#CCc1cnc(Cl)n1CCCl. The highest BCUT2D eigenvalue weighted by molar-refractivity contribution is 6.28. The molecule has 3 nitrogen and oxygen atoms in total. The van der Waals surface area contributed by atoms with E-state index in [9.17, 15) is 0 Å². The maximum absolute atomic E-state index is 8.45. The Morgan fingerprint density at radius 2 is 2.42 bits per heavy atom. The Balaban J connectivity index is 2.89. The summed E-state index contributed by atoms with van der Waals surface area (Å²) < 4.78 is 1.73. The van der Waals surface area contributed by atoms with E-state index in [1.165, 1.54) is 0 Å². The molecule has 0 unspecified atom stereocenters. The molecule has 12 heavy (non-hydrogen) atoms. The van der Waals surface area contributed by atoms with E-state index in [1.807, 2.05) is 6.07 Å². The number of nitrogens with zero attached hydrogens (tertiary/aromatic N) is 3. The van der Waals surface area contributed by atoms with Gasteiger partial charge in [-0.2, -0.15) is 5.26 Å². The summed E-state index contributed by atoms with van der Waals surface area (Å²) >= 11 is 11.3. The summed E-state index contributed by atoms with van der Waals surface area (Å²) in [5.41, 5.74) is 0.808. The lowest BCUT2D eigenvalue weighted by atomic mass is 10.3. The summed E-state index contributed by atoms with van der Waals surface area (Å²) in [5.74, 6) is 0.467. The van der Waals surface area contributed by atoms with E-state index in [4.69, 9.17) is 28.5 Å². The Morgan fingerprint density at radius 1 is 1.67 bits per heavy atom. The van der Waals surface area contributed by atoms with Crippen LogP contribution >= 0.6 is 23.2 Å². The van der Waals surface area contributed by atoms with Gasteiger partial charge in [0.25, 0.3) is 0 Å². The second kappa shape index (κ2) is 4.34. The van der Waals surface area contributed by atoms with Gasteiger partial charge >= 0.3 is 0 Å². The molecule has 1 aromatic heterocycles. The molecule has 0 fully saturated rings. The molecule has 0 atom stereocenters. The van der Waals surface area contributed by atoms with Crippen molar-refractivity contribution in [1.29, 1.82) is 5.26 Å². The van der Waals surface area contributed by atoms with E-state index in [-0.39, 0.29) is 0 Å². The number of nitriles is 1. The fourth-order valence-corrected chi connectivity index (χ4v) is 1.34. The van der Waals surface area contributed by atoms with Crippen LogP contribution in [0.3, 0.4) is 0 Å². The normalized spacial score (nSPS) is 9.75. The van der Waals surface area contributed by atoms with E-state index < -0.39 is 0 Å². The zero-order valence-corrected chi connectivity index (χ0v) is 7.81. The largest absolute Gasteiger partial charge is 0.317 e. The molecule has 0 radical (unpaired) electrons. The summed E-state index contributed by atoms with van der Waals surface area (Å²) in [6, 6.07) is 2.03. The van der Waals surface area contributed by atoms with Crippen LogP contribution in [-0.2, 0) is 13.0 Å². The number of hydrogen-bond acceptors (Lipinski definition) is 2. The summed E-state index contributed by atoms with van der Waals surface area (Å²) in [7, 11) is 0. The second-order valence-corrected chi connectivity index (χ2v) is 2.91. The summed E-state index contributed by atoms with van der Waals surface area (Å²) in [6.45, 7) is 0.595. The van der Waals surface area contributed by atoms with Gasteiger partial charge in [-0.1, -0.05) is 0 Å².